The van der Waals surface area contributed by atoms with Gasteiger partial charge in [0.05, 0.1) is 13.7 Å². The third-order valence-electron chi connectivity index (χ3n) is 3.21. The highest BCUT2D eigenvalue weighted by Crippen LogP contribution is 2.22. The Balaban J connectivity index is 2.39. The van der Waals surface area contributed by atoms with E-state index in [2.05, 4.69) is 4.74 Å². The number of hydrogen-bond acceptors (Lipinski definition) is 6. The smallest absolute Gasteiger partial charge is 0.340 e. The number of rotatable bonds is 5. The summed E-state index contributed by atoms with van der Waals surface area (Å²) in [6.07, 6.45) is -0.0576. The molecular weight excluding hydrogens is 278 g/mol. The van der Waals surface area contributed by atoms with Crippen LogP contribution in [0, 0.1) is 0 Å². The zero-order valence-electron chi connectivity index (χ0n) is 11.3. The first-order valence-corrected chi connectivity index (χ1v) is 6.14. The van der Waals surface area contributed by atoms with Crippen molar-refractivity contribution in [2.75, 3.05) is 7.11 Å². The number of esters is 1. The molecule has 3 N–H and O–H groups in total. The summed E-state index contributed by atoms with van der Waals surface area (Å²) in [7, 11) is 1.02. The van der Waals surface area contributed by atoms with E-state index in [1.165, 1.54) is 10.8 Å². The predicted octanol–water partition coefficient (Wildman–Crippen LogP) is -0.331. The summed E-state index contributed by atoms with van der Waals surface area (Å²) >= 11 is 0. The maximum absolute atomic E-state index is 11.2. The van der Waals surface area contributed by atoms with Gasteiger partial charge in [-0.25, -0.2) is 4.79 Å². The molecule has 1 atom stereocenters. The Morgan fingerprint density at radius 1 is 1.43 bits per heavy atom. The average Bonchev–Trinajstić information content (AvgIpc) is 2.83. The van der Waals surface area contributed by atoms with Gasteiger partial charge in [-0.1, -0.05) is 18.2 Å². The molecule has 1 unspecified atom stereocenters. The molecular formula is C14H15NO6. The lowest BCUT2D eigenvalue weighted by atomic mass is 10.1. The van der Waals surface area contributed by atoms with Crippen LogP contribution in [0.5, 0.6) is 0 Å². The van der Waals surface area contributed by atoms with Crippen LogP contribution in [0.15, 0.2) is 30.5 Å². The summed E-state index contributed by atoms with van der Waals surface area (Å²) in [5.74, 6) is -3.89. The summed E-state index contributed by atoms with van der Waals surface area (Å²) in [6, 6.07) is 6.86. The van der Waals surface area contributed by atoms with Crippen LogP contribution < -0.4 is 0 Å². The van der Waals surface area contributed by atoms with Gasteiger partial charge in [-0.3, -0.25) is 4.79 Å². The monoisotopic (exact) mass is 293 g/mol. The number of aliphatic hydroxyl groups excluding tert-OH is 1. The SMILES string of the molecule is COC(=O)C(O)C(O)(O)Cn1cc(C=O)c2ccccc21. The van der Waals surface area contributed by atoms with E-state index in [9.17, 15) is 24.9 Å². The van der Waals surface area contributed by atoms with Crippen molar-refractivity contribution in [2.45, 2.75) is 18.4 Å². The molecule has 7 nitrogen and oxygen atoms in total. The predicted molar refractivity (Wildman–Crippen MR) is 72.5 cm³/mol. The van der Waals surface area contributed by atoms with Crippen LogP contribution in [0.4, 0.5) is 0 Å². The third kappa shape index (κ3) is 2.80. The molecule has 2 aromatic rings. The van der Waals surface area contributed by atoms with Crippen LogP contribution in [0.2, 0.25) is 0 Å². The van der Waals surface area contributed by atoms with Crippen molar-refractivity contribution in [2.24, 2.45) is 0 Å². The van der Waals surface area contributed by atoms with Crippen LogP contribution in [-0.2, 0) is 16.1 Å². The molecule has 1 aromatic carbocycles. The Kier molecular flexibility index (Phi) is 4.08. The summed E-state index contributed by atoms with van der Waals surface area (Å²) in [5, 5.41) is 30.0. The van der Waals surface area contributed by atoms with Gasteiger partial charge in [0.1, 0.15) is 0 Å². The van der Waals surface area contributed by atoms with Gasteiger partial charge in [-0.15, -0.1) is 0 Å². The van der Waals surface area contributed by atoms with Crippen molar-refractivity contribution in [3.05, 3.63) is 36.0 Å². The first-order valence-electron chi connectivity index (χ1n) is 6.14. The lowest BCUT2D eigenvalue weighted by Gasteiger charge is -2.26. The lowest BCUT2D eigenvalue weighted by molar-refractivity contribution is -0.237. The van der Waals surface area contributed by atoms with Crippen molar-refractivity contribution >= 4 is 23.2 Å². The van der Waals surface area contributed by atoms with E-state index in [4.69, 9.17) is 0 Å². The number of aromatic nitrogens is 1. The van der Waals surface area contributed by atoms with Crippen molar-refractivity contribution in [3.8, 4) is 0 Å². The Bertz CT molecular complexity index is 675. The van der Waals surface area contributed by atoms with Gasteiger partial charge in [0.25, 0.3) is 0 Å². The summed E-state index contributed by atoms with van der Waals surface area (Å²) < 4.78 is 5.66. The van der Waals surface area contributed by atoms with Crippen molar-refractivity contribution in [3.63, 3.8) is 0 Å². The highest BCUT2D eigenvalue weighted by atomic mass is 16.6. The number of benzene rings is 1. The van der Waals surface area contributed by atoms with Gasteiger partial charge in [-0.05, 0) is 6.07 Å². The van der Waals surface area contributed by atoms with Gasteiger partial charge in [-0.2, -0.15) is 0 Å². The minimum absolute atomic E-state index is 0.369. The third-order valence-corrected chi connectivity index (χ3v) is 3.21. The number of aliphatic hydroxyl groups is 3. The number of aldehydes is 1. The van der Waals surface area contributed by atoms with Crippen molar-refractivity contribution < 1.29 is 29.6 Å². The Morgan fingerprint density at radius 3 is 2.71 bits per heavy atom. The van der Waals surface area contributed by atoms with E-state index >= 15 is 0 Å². The van der Waals surface area contributed by atoms with Gasteiger partial charge in [0.15, 0.2) is 6.29 Å². The minimum atomic E-state index is -2.73. The fourth-order valence-corrected chi connectivity index (χ4v) is 2.14. The minimum Gasteiger partial charge on any atom is -0.467 e. The zero-order valence-corrected chi connectivity index (χ0v) is 11.3. The Labute approximate surface area is 120 Å². The number of hydrogen-bond donors (Lipinski definition) is 3. The molecule has 0 spiro atoms. The van der Waals surface area contributed by atoms with E-state index in [0.717, 1.165) is 7.11 Å². The second-order valence-electron chi connectivity index (χ2n) is 4.65. The van der Waals surface area contributed by atoms with Crippen LogP contribution in [0.25, 0.3) is 10.9 Å². The van der Waals surface area contributed by atoms with Gasteiger partial charge >= 0.3 is 5.97 Å². The summed E-state index contributed by atoms with van der Waals surface area (Å²) in [6.45, 7) is -0.502. The Hall–Kier alpha value is -2.22. The molecule has 21 heavy (non-hydrogen) atoms. The van der Waals surface area contributed by atoms with Crippen LogP contribution in [0.1, 0.15) is 10.4 Å². The number of ether oxygens (including phenoxy) is 1. The van der Waals surface area contributed by atoms with E-state index < -0.39 is 24.4 Å². The second-order valence-corrected chi connectivity index (χ2v) is 4.65. The molecule has 0 aliphatic carbocycles. The van der Waals surface area contributed by atoms with E-state index in [1.807, 2.05) is 0 Å². The van der Waals surface area contributed by atoms with E-state index in [0.29, 0.717) is 22.8 Å². The van der Waals surface area contributed by atoms with Crippen molar-refractivity contribution in [1.82, 2.24) is 4.57 Å². The van der Waals surface area contributed by atoms with Gasteiger partial charge < -0.3 is 24.6 Å². The van der Waals surface area contributed by atoms with Crippen LogP contribution >= 0.6 is 0 Å². The first-order chi connectivity index (χ1) is 9.90. The molecule has 0 saturated heterocycles. The highest BCUT2D eigenvalue weighted by molar-refractivity contribution is 5.97. The molecule has 1 aromatic heterocycles. The molecule has 2 rings (SSSR count). The van der Waals surface area contributed by atoms with Crippen LogP contribution in [-0.4, -0.2) is 51.1 Å². The zero-order chi connectivity index (χ0) is 15.6. The highest BCUT2D eigenvalue weighted by Gasteiger charge is 2.40. The maximum Gasteiger partial charge on any atom is 0.340 e. The number of nitrogens with zero attached hydrogens (tertiary/aromatic N) is 1. The molecule has 0 aliphatic rings. The fraction of sp³-hybridized carbons (Fsp3) is 0.286. The molecule has 0 bridgehead atoms. The normalized spacial score (nSPS) is 13.1. The fourth-order valence-electron chi connectivity index (χ4n) is 2.14. The number of methoxy groups -OCH3 is 1. The molecule has 112 valence electrons. The summed E-state index contributed by atoms with van der Waals surface area (Å²) in [4.78, 5) is 22.2. The molecule has 0 saturated carbocycles. The number of carbonyl (C=O) groups is 2. The molecule has 0 fully saturated rings. The molecule has 0 amide bonds. The molecule has 7 heteroatoms. The second kappa shape index (κ2) is 5.65. The quantitative estimate of drug-likeness (QED) is 0.395. The molecule has 0 radical (unpaired) electrons. The number of fused-ring (bicyclic) bond motifs is 1. The van der Waals surface area contributed by atoms with Crippen LogP contribution in [0.3, 0.4) is 0 Å². The molecule has 0 aliphatic heterocycles. The number of para-hydroxylation sites is 1. The van der Waals surface area contributed by atoms with Gasteiger partial charge in [0.2, 0.25) is 11.9 Å². The topological polar surface area (TPSA) is 109 Å². The number of carbonyl (C=O) groups excluding carboxylic acids is 2. The standard InChI is InChI=1S/C14H15NO6/c1-21-13(18)12(17)14(19,20)8-15-6-9(7-16)10-4-2-3-5-11(10)15/h2-7,12,17,19-20H,8H2,1H3. The Morgan fingerprint density at radius 2 is 2.10 bits per heavy atom. The van der Waals surface area contributed by atoms with E-state index in [-0.39, 0.29) is 0 Å². The average molecular weight is 293 g/mol. The first kappa shape index (κ1) is 15.2. The maximum atomic E-state index is 11.2. The molecule has 1 heterocycles. The summed E-state index contributed by atoms with van der Waals surface area (Å²) in [5.41, 5.74) is 0.943. The van der Waals surface area contributed by atoms with Crippen molar-refractivity contribution in [1.29, 1.82) is 0 Å². The lowest BCUT2D eigenvalue weighted by Crippen LogP contribution is -2.50. The van der Waals surface area contributed by atoms with Gasteiger partial charge in [0, 0.05) is 22.7 Å². The largest absolute Gasteiger partial charge is 0.467 e. The van der Waals surface area contributed by atoms with E-state index in [1.54, 1.807) is 24.3 Å².